The van der Waals surface area contributed by atoms with Gasteiger partial charge in [-0.25, -0.2) is 4.98 Å². The van der Waals surface area contributed by atoms with E-state index in [0.717, 1.165) is 57.3 Å². The van der Waals surface area contributed by atoms with Crippen molar-refractivity contribution in [3.63, 3.8) is 0 Å². The first-order valence-corrected chi connectivity index (χ1v) is 11.2. The summed E-state index contributed by atoms with van der Waals surface area (Å²) >= 11 is 0. The Morgan fingerprint density at radius 3 is 2.84 bits per heavy atom. The molecule has 6 rings (SSSR count). The van der Waals surface area contributed by atoms with Crippen LogP contribution in [0.5, 0.6) is 0 Å². The van der Waals surface area contributed by atoms with Gasteiger partial charge in [0.05, 0.1) is 18.8 Å². The Morgan fingerprint density at radius 2 is 1.94 bits per heavy atom. The van der Waals surface area contributed by atoms with Gasteiger partial charge in [-0.2, -0.15) is 0 Å². The van der Waals surface area contributed by atoms with Crippen molar-refractivity contribution in [1.29, 1.82) is 0 Å². The van der Waals surface area contributed by atoms with Crippen LogP contribution in [0.4, 0.5) is 5.69 Å². The molecule has 160 valence electrons. The van der Waals surface area contributed by atoms with Gasteiger partial charge in [-0.3, -0.25) is 9.36 Å². The van der Waals surface area contributed by atoms with Crippen molar-refractivity contribution in [3.8, 4) is 17.1 Å². The minimum absolute atomic E-state index is 0.0749. The molecule has 2 atom stereocenters. The molecule has 3 aromatic rings. The van der Waals surface area contributed by atoms with Crippen LogP contribution in [-0.2, 0) is 11.3 Å². The Morgan fingerprint density at radius 1 is 1.06 bits per heavy atom. The van der Waals surface area contributed by atoms with E-state index >= 15 is 0 Å². The Balaban J connectivity index is 1.39. The van der Waals surface area contributed by atoms with Crippen LogP contribution in [0.2, 0.25) is 0 Å². The summed E-state index contributed by atoms with van der Waals surface area (Å²) in [6.45, 7) is 6.04. The summed E-state index contributed by atoms with van der Waals surface area (Å²) in [4.78, 5) is 20.4. The summed E-state index contributed by atoms with van der Waals surface area (Å²) in [5, 5.41) is 3.51. The molecule has 0 spiro atoms. The van der Waals surface area contributed by atoms with E-state index in [4.69, 9.17) is 4.74 Å². The van der Waals surface area contributed by atoms with Gasteiger partial charge in [-0.1, -0.05) is 6.07 Å². The molecular weight excluding hydrogens is 390 g/mol. The maximum atomic E-state index is 13.5. The van der Waals surface area contributed by atoms with E-state index < -0.39 is 0 Å². The van der Waals surface area contributed by atoms with Crippen molar-refractivity contribution < 1.29 is 4.74 Å². The largest absolute Gasteiger partial charge is 0.378 e. The van der Waals surface area contributed by atoms with Crippen molar-refractivity contribution >= 4 is 5.69 Å². The normalized spacial score (nSPS) is 22.9. The van der Waals surface area contributed by atoms with Gasteiger partial charge < -0.3 is 19.5 Å². The molecule has 1 N–H and O–H groups in total. The molecule has 0 amide bonds. The monoisotopic (exact) mass is 417 g/mol. The van der Waals surface area contributed by atoms with Crippen LogP contribution in [0, 0.1) is 5.92 Å². The molecule has 3 aliphatic heterocycles. The number of rotatable bonds is 3. The van der Waals surface area contributed by atoms with Gasteiger partial charge in [0.2, 0.25) is 0 Å². The van der Waals surface area contributed by atoms with Gasteiger partial charge in [-0.15, -0.1) is 0 Å². The lowest BCUT2D eigenvalue weighted by Crippen LogP contribution is -2.45. The fourth-order valence-electron chi connectivity index (χ4n) is 5.33. The predicted octanol–water partition coefficient (Wildman–Crippen LogP) is 2.24. The van der Waals surface area contributed by atoms with E-state index in [1.807, 2.05) is 21.4 Å². The highest BCUT2D eigenvalue weighted by Crippen LogP contribution is 2.33. The van der Waals surface area contributed by atoms with Crippen molar-refractivity contribution in [2.75, 3.05) is 44.3 Å². The van der Waals surface area contributed by atoms with E-state index in [-0.39, 0.29) is 5.56 Å². The molecule has 5 heterocycles. The first-order valence-electron chi connectivity index (χ1n) is 11.2. The fraction of sp³-hybridized carbons (Fsp3) is 0.417. The molecule has 7 heteroatoms. The Kier molecular flexibility index (Phi) is 4.65. The van der Waals surface area contributed by atoms with Crippen LogP contribution in [0.3, 0.4) is 0 Å². The molecule has 0 radical (unpaired) electrons. The van der Waals surface area contributed by atoms with Crippen LogP contribution in [0.25, 0.3) is 17.1 Å². The molecule has 0 unspecified atom stereocenters. The number of anilines is 1. The number of morpholine rings is 1. The van der Waals surface area contributed by atoms with Gasteiger partial charge in [-0.05, 0) is 49.2 Å². The third-order valence-electron chi connectivity index (χ3n) is 6.87. The number of piperidine rings is 1. The summed E-state index contributed by atoms with van der Waals surface area (Å²) in [7, 11) is 0. The SMILES string of the molecule is O=c1c(-c2nccn2-c2cccc(N3CCOCC3)c2)ccc2n1C[C@@H]1CNC[C@H]2C1. The highest BCUT2D eigenvalue weighted by Gasteiger charge is 2.31. The zero-order chi connectivity index (χ0) is 20.8. The zero-order valence-electron chi connectivity index (χ0n) is 17.5. The molecule has 2 fully saturated rings. The lowest BCUT2D eigenvalue weighted by Gasteiger charge is -2.37. The second kappa shape index (κ2) is 7.66. The third kappa shape index (κ3) is 3.28. The lowest BCUT2D eigenvalue weighted by molar-refractivity contribution is 0.122. The molecule has 3 aliphatic rings. The average molecular weight is 418 g/mol. The average Bonchev–Trinajstić information content (AvgIpc) is 3.30. The number of nitrogens with zero attached hydrogens (tertiary/aromatic N) is 4. The van der Waals surface area contributed by atoms with Crippen molar-refractivity contribution in [2.24, 2.45) is 5.92 Å². The van der Waals surface area contributed by atoms with Gasteiger partial charge in [0, 0.05) is 61.6 Å². The highest BCUT2D eigenvalue weighted by atomic mass is 16.5. The fourth-order valence-corrected chi connectivity index (χ4v) is 5.33. The molecule has 2 aromatic heterocycles. The number of hydrogen-bond donors (Lipinski definition) is 1. The van der Waals surface area contributed by atoms with Crippen LogP contribution in [-0.4, -0.2) is 53.5 Å². The number of imidazole rings is 1. The van der Waals surface area contributed by atoms with E-state index in [2.05, 4.69) is 45.5 Å². The molecule has 31 heavy (non-hydrogen) atoms. The molecule has 2 saturated heterocycles. The summed E-state index contributed by atoms with van der Waals surface area (Å²) in [6, 6.07) is 12.5. The minimum Gasteiger partial charge on any atom is -0.378 e. The van der Waals surface area contributed by atoms with Crippen molar-refractivity contribution in [3.05, 3.63) is 64.8 Å². The molecule has 1 aromatic carbocycles. The molecule has 7 nitrogen and oxygen atoms in total. The van der Waals surface area contributed by atoms with Crippen molar-refractivity contribution in [1.82, 2.24) is 19.4 Å². The van der Waals surface area contributed by atoms with E-state index in [1.165, 1.54) is 12.1 Å². The Labute approximate surface area is 181 Å². The van der Waals surface area contributed by atoms with Gasteiger partial charge in [0.15, 0.2) is 0 Å². The molecule has 0 saturated carbocycles. The van der Waals surface area contributed by atoms with Gasteiger partial charge >= 0.3 is 0 Å². The quantitative estimate of drug-likeness (QED) is 0.708. The van der Waals surface area contributed by atoms with Crippen LogP contribution in [0.1, 0.15) is 18.0 Å². The number of ether oxygens (including phenoxy) is 1. The number of hydrogen-bond acceptors (Lipinski definition) is 5. The summed E-state index contributed by atoms with van der Waals surface area (Å²) in [6.07, 6.45) is 4.89. The molecule has 0 aliphatic carbocycles. The summed E-state index contributed by atoms with van der Waals surface area (Å²) in [5.74, 6) is 1.66. The second-order valence-electron chi connectivity index (χ2n) is 8.78. The highest BCUT2D eigenvalue weighted by molar-refractivity contribution is 5.61. The molecular formula is C24H27N5O2. The first-order chi connectivity index (χ1) is 15.3. The van der Waals surface area contributed by atoms with E-state index in [0.29, 0.717) is 23.2 Å². The maximum absolute atomic E-state index is 13.5. The Bertz CT molecular complexity index is 1160. The number of benzene rings is 1. The number of nitrogens with one attached hydrogen (secondary N) is 1. The molecule has 2 bridgehead atoms. The summed E-state index contributed by atoms with van der Waals surface area (Å²) in [5.41, 5.74) is 4.08. The van der Waals surface area contributed by atoms with Gasteiger partial charge in [0.1, 0.15) is 5.82 Å². The third-order valence-corrected chi connectivity index (χ3v) is 6.87. The lowest BCUT2D eigenvalue weighted by atomic mass is 9.84. The zero-order valence-corrected chi connectivity index (χ0v) is 17.5. The smallest absolute Gasteiger partial charge is 0.261 e. The van der Waals surface area contributed by atoms with Crippen molar-refractivity contribution in [2.45, 2.75) is 18.9 Å². The minimum atomic E-state index is 0.0749. The Hall–Kier alpha value is -2.90. The van der Waals surface area contributed by atoms with E-state index in [9.17, 15) is 4.79 Å². The summed E-state index contributed by atoms with van der Waals surface area (Å²) < 4.78 is 9.51. The van der Waals surface area contributed by atoms with Crippen LogP contribution in [0.15, 0.2) is 53.6 Å². The second-order valence-corrected chi connectivity index (χ2v) is 8.78. The number of fused-ring (bicyclic) bond motifs is 4. The maximum Gasteiger partial charge on any atom is 0.261 e. The number of aromatic nitrogens is 3. The van der Waals surface area contributed by atoms with Gasteiger partial charge in [0.25, 0.3) is 5.56 Å². The van der Waals surface area contributed by atoms with E-state index in [1.54, 1.807) is 6.20 Å². The topological polar surface area (TPSA) is 64.3 Å². The predicted molar refractivity (Wildman–Crippen MR) is 120 cm³/mol. The first kappa shape index (κ1) is 18.8. The van der Waals surface area contributed by atoms with Crippen LogP contribution >= 0.6 is 0 Å². The van der Waals surface area contributed by atoms with Crippen LogP contribution < -0.4 is 15.8 Å². The number of pyridine rings is 1. The standard InChI is InChI=1S/C24H27N5O2/c30-24-21(4-5-22-18-12-17(14-25-15-18)16-29(22)24)23-26-6-7-28(23)20-3-1-2-19(13-20)27-8-10-31-11-9-27/h1-7,13,17-18,25H,8-12,14-16H2/t17-,18+/m0/s1.